The number of ether oxygens (including phenoxy) is 1. The van der Waals surface area contributed by atoms with E-state index in [4.69, 9.17) is 9.26 Å². The van der Waals surface area contributed by atoms with E-state index in [-0.39, 0.29) is 12.0 Å². The lowest BCUT2D eigenvalue weighted by molar-refractivity contribution is -0.132. The van der Waals surface area contributed by atoms with Gasteiger partial charge >= 0.3 is 0 Å². The molecule has 1 aliphatic heterocycles. The van der Waals surface area contributed by atoms with Crippen LogP contribution in [-0.2, 0) is 11.2 Å². The molecule has 1 amide bonds. The molecule has 0 spiro atoms. The van der Waals surface area contributed by atoms with Gasteiger partial charge in [-0.25, -0.2) is 0 Å². The van der Waals surface area contributed by atoms with Gasteiger partial charge < -0.3 is 14.2 Å². The molecule has 6 heteroatoms. The lowest BCUT2D eigenvalue weighted by Gasteiger charge is -2.32. The summed E-state index contributed by atoms with van der Waals surface area (Å²) in [5, 5.41) is 3.90. The van der Waals surface area contributed by atoms with Gasteiger partial charge in [-0.1, -0.05) is 5.16 Å². The Balaban J connectivity index is 1.51. The first kappa shape index (κ1) is 15.5. The molecule has 23 heavy (non-hydrogen) atoms. The first-order valence-corrected chi connectivity index (χ1v) is 7.89. The van der Waals surface area contributed by atoms with Crippen molar-refractivity contribution in [2.24, 2.45) is 0 Å². The van der Waals surface area contributed by atoms with E-state index in [1.807, 2.05) is 30.9 Å². The summed E-state index contributed by atoms with van der Waals surface area (Å²) in [5.41, 5.74) is 1.70. The Hall–Kier alpha value is -2.37. The number of piperidine rings is 1. The van der Waals surface area contributed by atoms with Gasteiger partial charge in [0.2, 0.25) is 5.91 Å². The molecule has 0 bridgehead atoms. The van der Waals surface area contributed by atoms with Crippen LogP contribution >= 0.6 is 0 Å². The molecule has 0 saturated carbocycles. The van der Waals surface area contributed by atoms with E-state index >= 15 is 0 Å². The summed E-state index contributed by atoms with van der Waals surface area (Å²) in [4.78, 5) is 18.4. The third kappa shape index (κ3) is 3.70. The number of carbonyl (C=O) groups excluding carboxylic acids is 1. The van der Waals surface area contributed by atoms with Gasteiger partial charge in [0.15, 0.2) is 0 Å². The third-order valence-electron chi connectivity index (χ3n) is 4.24. The fourth-order valence-corrected chi connectivity index (χ4v) is 2.85. The normalized spacial score (nSPS) is 15.7. The van der Waals surface area contributed by atoms with E-state index in [1.54, 1.807) is 12.4 Å². The van der Waals surface area contributed by atoms with Crippen LogP contribution < -0.4 is 4.74 Å². The van der Waals surface area contributed by atoms with Crippen molar-refractivity contribution >= 4 is 5.91 Å². The predicted octanol–water partition coefficient (Wildman–Crippen LogP) is 2.30. The maximum atomic E-state index is 12.4. The third-order valence-corrected chi connectivity index (χ3v) is 4.24. The first-order chi connectivity index (χ1) is 11.1. The lowest BCUT2D eigenvalue weighted by atomic mass is 10.1. The van der Waals surface area contributed by atoms with E-state index in [1.165, 1.54) is 0 Å². The Bertz CT molecular complexity index is 641. The molecular weight excluding hydrogens is 294 g/mol. The van der Waals surface area contributed by atoms with Gasteiger partial charge in [0, 0.05) is 37.7 Å². The molecule has 0 unspecified atom stereocenters. The SMILES string of the molecule is Cc1noc(C)c1CC(=O)N1CCC(Oc2cccnc2)CC1. The molecule has 0 radical (unpaired) electrons. The van der Waals surface area contributed by atoms with Crippen LogP contribution in [0.4, 0.5) is 0 Å². The molecule has 2 aromatic heterocycles. The Morgan fingerprint density at radius 2 is 2.17 bits per heavy atom. The number of hydrogen-bond acceptors (Lipinski definition) is 5. The highest BCUT2D eigenvalue weighted by Crippen LogP contribution is 2.20. The van der Waals surface area contributed by atoms with Gasteiger partial charge in [0.25, 0.3) is 0 Å². The van der Waals surface area contributed by atoms with Crippen molar-refractivity contribution in [3.8, 4) is 5.75 Å². The average Bonchev–Trinajstić information content (AvgIpc) is 2.88. The Morgan fingerprint density at radius 3 is 2.78 bits per heavy atom. The number of aromatic nitrogens is 2. The molecule has 0 aromatic carbocycles. The second-order valence-electron chi connectivity index (χ2n) is 5.87. The first-order valence-electron chi connectivity index (χ1n) is 7.89. The molecule has 1 aliphatic rings. The van der Waals surface area contributed by atoms with Gasteiger partial charge in [-0.3, -0.25) is 9.78 Å². The minimum Gasteiger partial charge on any atom is -0.489 e. The number of nitrogens with zero attached hydrogens (tertiary/aromatic N) is 3. The van der Waals surface area contributed by atoms with Crippen LogP contribution in [0.1, 0.15) is 29.9 Å². The maximum absolute atomic E-state index is 12.4. The Labute approximate surface area is 135 Å². The van der Waals surface area contributed by atoms with E-state index in [0.29, 0.717) is 19.5 Å². The van der Waals surface area contributed by atoms with Crippen LogP contribution in [-0.4, -0.2) is 40.1 Å². The topological polar surface area (TPSA) is 68.5 Å². The number of hydrogen-bond donors (Lipinski definition) is 0. The van der Waals surface area contributed by atoms with Gasteiger partial charge in [0.1, 0.15) is 17.6 Å². The zero-order valence-corrected chi connectivity index (χ0v) is 13.5. The molecule has 1 fully saturated rings. The summed E-state index contributed by atoms with van der Waals surface area (Å²) >= 11 is 0. The minimum absolute atomic E-state index is 0.124. The Morgan fingerprint density at radius 1 is 1.39 bits per heavy atom. The van der Waals surface area contributed by atoms with Crippen LogP contribution in [0.15, 0.2) is 29.0 Å². The number of aryl methyl sites for hydroxylation is 2. The lowest BCUT2D eigenvalue weighted by Crippen LogP contribution is -2.42. The molecule has 0 N–H and O–H groups in total. The van der Waals surface area contributed by atoms with Crippen molar-refractivity contribution in [2.75, 3.05) is 13.1 Å². The van der Waals surface area contributed by atoms with Gasteiger partial charge in [-0.05, 0) is 26.0 Å². The van der Waals surface area contributed by atoms with Gasteiger partial charge in [-0.2, -0.15) is 0 Å². The molecule has 3 heterocycles. The van der Waals surface area contributed by atoms with Crippen molar-refractivity contribution in [3.63, 3.8) is 0 Å². The highest BCUT2D eigenvalue weighted by atomic mass is 16.5. The van der Waals surface area contributed by atoms with Crippen molar-refractivity contribution in [1.29, 1.82) is 0 Å². The van der Waals surface area contributed by atoms with Crippen LogP contribution in [0, 0.1) is 13.8 Å². The molecule has 6 nitrogen and oxygen atoms in total. The van der Waals surface area contributed by atoms with Crippen LogP contribution in [0.2, 0.25) is 0 Å². The highest BCUT2D eigenvalue weighted by molar-refractivity contribution is 5.79. The van der Waals surface area contributed by atoms with Crippen molar-refractivity contribution in [2.45, 2.75) is 39.2 Å². The minimum atomic E-state index is 0.124. The molecule has 1 saturated heterocycles. The second kappa shape index (κ2) is 6.81. The van der Waals surface area contributed by atoms with Crippen LogP contribution in [0.25, 0.3) is 0 Å². The fourth-order valence-electron chi connectivity index (χ4n) is 2.85. The Kier molecular flexibility index (Phi) is 4.60. The molecule has 0 atom stereocenters. The van der Waals surface area contributed by atoms with Crippen molar-refractivity contribution in [1.82, 2.24) is 15.0 Å². The number of amides is 1. The number of likely N-dealkylation sites (tertiary alicyclic amines) is 1. The van der Waals surface area contributed by atoms with E-state index in [0.717, 1.165) is 35.6 Å². The van der Waals surface area contributed by atoms with Crippen molar-refractivity contribution < 1.29 is 14.1 Å². The predicted molar refractivity (Wildman–Crippen MR) is 84.1 cm³/mol. The molecular formula is C17H21N3O3. The molecule has 122 valence electrons. The summed E-state index contributed by atoms with van der Waals surface area (Å²) in [6.07, 6.45) is 5.61. The maximum Gasteiger partial charge on any atom is 0.227 e. The van der Waals surface area contributed by atoms with Gasteiger partial charge in [0.05, 0.1) is 18.3 Å². The summed E-state index contributed by atoms with van der Waals surface area (Å²) in [5.74, 6) is 1.64. The number of carbonyl (C=O) groups is 1. The fraction of sp³-hybridized carbons (Fsp3) is 0.471. The van der Waals surface area contributed by atoms with Crippen LogP contribution in [0.3, 0.4) is 0 Å². The van der Waals surface area contributed by atoms with E-state index in [9.17, 15) is 4.79 Å². The number of pyridine rings is 1. The average molecular weight is 315 g/mol. The van der Waals surface area contributed by atoms with Crippen molar-refractivity contribution in [3.05, 3.63) is 41.5 Å². The van der Waals surface area contributed by atoms with Crippen LogP contribution in [0.5, 0.6) is 5.75 Å². The zero-order valence-electron chi connectivity index (χ0n) is 13.5. The quantitative estimate of drug-likeness (QED) is 0.866. The molecule has 0 aliphatic carbocycles. The standard InChI is InChI=1S/C17H21N3O3/c1-12-16(13(2)23-19-12)10-17(21)20-8-5-14(6-9-20)22-15-4-3-7-18-11-15/h3-4,7,11,14H,5-6,8-10H2,1-2H3. The number of rotatable bonds is 4. The summed E-state index contributed by atoms with van der Waals surface area (Å²) in [7, 11) is 0. The van der Waals surface area contributed by atoms with Gasteiger partial charge in [-0.15, -0.1) is 0 Å². The van der Waals surface area contributed by atoms with E-state index < -0.39 is 0 Å². The zero-order chi connectivity index (χ0) is 16.2. The summed E-state index contributed by atoms with van der Waals surface area (Å²) < 4.78 is 11.0. The smallest absolute Gasteiger partial charge is 0.227 e. The molecule has 2 aromatic rings. The second-order valence-corrected chi connectivity index (χ2v) is 5.87. The van der Waals surface area contributed by atoms with E-state index in [2.05, 4.69) is 10.1 Å². The monoisotopic (exact) mass is 315 g/mol. The highest BCUT2D eigenvalue weighted by Gasteiger charge is 2.25. The summed E-state index contributed by atoms with van der Waals surface area (Å²) in [6, 6.07) is 3.76. The summed E-state index contributed by atoms with van der Waals surface area (Å²) in [6.45, 7) is 5.14. The largest absolute Gasteiger partial charge is 0.489 e. The molecule has 3 rings (SSSR count).